The number of nitrogens with zero attached hydrogens (tertiary/aromatic N) is 2. The third-order valence-corrected chi connectivity index (χ3v) is 4.51. The average Bonchev–Trinajstić information content (AvgIpc) is 2.91. The molecule has 6 nitrogen and oxygen atoms in total. The van der Waals surface area contributed by atoms with Gasteiger partial charge in [0.15, 0.2) is 0 Å². The quantitative estimate of drug-likeness (QED) is 0.801. The molecule has 0 bridgehead atoms. The molecule has 21 heavy (non-hydrogen) atoms. The lowest BCUT2D eigenvalue weighted by Crippen LogP contribution is -2.44. The van der Waals surface area contributed by atoms with Gasteiger partial charge in [-0.15, -0.1) is 11.3 Å². The summed E-state index contributed by atoms with van der Waals surface area (Å²) in [4.78, 5) is 28.0. The summed E-state index contributed by atoms with van der Waals surface area (Å²) >= 11 is 1.73. The Morgan fingerprint density at radius 2 is 2.29 bits per heavy atom. The first kappa shape index (κ1) is 15.9. The van der Waals surface area contributed by atoms with Gasteiger partial charge in [-0.05, 0) is 23.4 Å². The molecular formula is C14H20N2O4S. The fraction of sp³-hybridized carbons (Fsp3) is 0.571. The summed E-state index contributed by atoms with van der Waals surface area (Å²) in [5, 5.41) is 11.0. The van der Waals surface area contributed by atoms with Gasteiger partial charge in [-0.2, -0.15) is 0 Å². The molecule has 7 heteroatoms. The van der Waals surface area contributed by atoms with Crippen LogP contribution in [0.4, 0.5) is 0 Å². The van der Waals surface area contributed by atoms with Crippen molar-refractivity contribution in [1.82, 2.24) is 9.80 Å². The van der Waals surface area contributed by atoms with Crippen molar-refractivity contribution in [3.05, 3.63) is 21.9 Å². The topological polar surface area (TPSA) is 70.1 Å². The summed E-state index contributed by atoms with van der Waals surface area (Å²) in [6, 6.07) is 2.05. The Kier molecular flexibility index (Phi) is 5.72. The summed E-state index contributed by atoms with van der Waals surface area (Å²) in [6.07, 6.45) is 0.885. The standard InChI is InChI=1S/C14H20N2O4S/c1-20-6-5-15(10-14(18)19)9-13(17)16-4-2-12-11(8-16)3-7-21-12/h3,7H,2,4-6,8-10H2,1H3,(H,18,19). The predicted molar refractivity (Wildman–Crippen MR) is 79.4 cm³/mol. The lowest BCUT2D eigenvalue weighted by atomic mass is 10.1. The van der Waals surface area contributed by atoms with E-state index in [2.05, 4.69) is 6.07 Å². The molecule has 0 spiro atoms. The number of ether oxygens (including phenoxy) is 1. The minimum Gasteiger partial charge on any atom is -0.480 e. The van der Waals surface area contributed by atoms with Crippen LogP contribution in [0, 0.1) is 0 Å². The van der Waals surface area contributed by atoms with E-state index < -0.39 is 5.97 Å². The smallest absolute Gasteiger partial charge is 0.317 e. The highest BCUT2D eigenvalue weighted by atomic mass is 32.1. The van der Waals surface area contributed by atoms with E-state index in [0.29, 0.717) is 26.2 Å². The van der Waals surface area contributed by atoms with E-state index in [1.807, 2.05) is 5.38 Å². The molecule has 1 aliphatic heterocycles. The molecule has 0 atom stereocenters. The largest absolute Gasteiger partial charge is 0.480 e. The summed E-state index contributed by atoms with van der Waals surface area (Å²) < 4.78 is 4.96. The zero-order chi connectivity index (χ0) is 15.2. The van der Waals surface area contributed by atoms with Crippen LogP contribution in [0.5, 0.6) is 0 Å². The number of amides is 1. The molecule has 0 fully saturated rings. The maximum Gasteiger partial charge on any atom is 0.317 e. The number of hydrogen-bond acceptors (Lipinski definition) is 5. The number of carboxylic acids is 1. The molecule has 0 saturated carbocycles. The molecule has 1 amide bonds. The number of carbonyl (C=O) groups is 2. The molecule has 2 heterocycles. The van der Waals surface area contributed by atoms with Gasteiger partial charge in [0.05, 0.1) is 19.7 Å². The van der Waals surface area contributed by atoms with Crippen molar-refractivity contribution in [3.63, 3.8) is 0 Å². The van der Waals surface area contributed by atoms with Crippen LogP contribution in [-0.2, 0) is 27.3 Å². The fourth-order valence-electron chi connectivity index (χ4n) is 2.38. The molecule has 1 aromatic rings. The maximum absolute atomic E-state index is 12.3. The summed E-state index contributed by atoms with van der Waals surface area (Å²) in [5.41, 5.74) is 1.21. The van der Waals surface area contributed by atoms with E-state index in [0.717, 1.165) is 6.42 Å². The number of carboxylic acid groups (broad SMARTS) is 1. The minimum atomic E-state index is -0.933. The first-order valence-electron chi connectivity index (χ1n) is 6.86. The molecule has 1 aromatic heterocycles. The Balaban J connectivity index is 1.91. The zero-order valence-electron chi connectivity index (χ0n) is 12.1. The van der Waals surface area contributed by atoms with Gasteiger partial charge in [-0.1, -0.05) is 0 Å². The van der Waals surface area contributed by atoms with Gasteiger partial charge in [0.2, 0.25) is 5.91 Å². The number of rotatable bonds is 7. The Hall–Kier alpha value is -1.44. The summed E-state index contributed by atoms with van der Waals surface area (Å²) in [6.45, 7) is 2.16. The number of hydrogen-bond donors (Lipinski definition) is 1. The summed E-state index contributed by atoms with van der Waals surface area (Å²) in [7, 11) is 1.56. The highest BCUT2D eigenvalue weighted by Crippen LogP contribution is 2.23. The van der Waals surface area contributed by atoms with E-state index in [1.165, 1.54) is 10.4 Å². The SMILES string of the molecule is COCCN(CC(=O)O)CC(=O)N1CCc2sccc2C1. The number of fused-ring (bicyclic) bond motifs is 1. The normalized spacial score (nSPS) is 14.3. The number of aliphatic carboxylic acids is 1. The van der Waals surface area contributed by atoms with Crippen LogP contribution in [0.3, 0.4) is 0 Å². The Bertz CT molecular complexity index is 503. The molecule has 1 aliphatic rings. The van der Waals surface area contributed by atoms with Crippen molar-refractivity contribution < 1.29 is 19.4 Å². The second kappa shape index (κ2) is 7.53. The van der Waals surface area contributed by atoms with Gasteiger partial charge in [-0.25, -0.2) is 0 Å². The molecule has 2 rings (SSSR count). The van der Waals surface area contributed by atoms with Crippen LogP contribution in [0.2, 0.25) is 0 Å². The highest BCUT2D eigenvalue weighted by molar-refractivity contribution is 7.10. The molecule has 116 valence electrons. The first-order chi connectivity index (χ1) is 10.1. The number of thiophene rings is 1. The molecule has 0 aromatic carbocycles. The third-order valence-electron chi connectivity index (χ3n) is 3.49. The van der Waals surface area contributed by atoms with Gasteiger partial charge in [0.1, 0.15) is 0 Å². The monoisotopic (exact) mass is 312 g/mol. The summed E-state index contributed by atoms with van der Waals surface area (Å²) in [5.74, 6) is -0.957. The molecule has 0 saturated heterocycles. The molecule has 0 unspecified atom stereocenters. The lowest BCUT2D eigenvalue weighted by molar-refractivity contribution is -0.140. The molecule has 0 aliphatic carbocycles. The van der Waals surface area contributed by atoms with E-state index in [1.54, 1.807) is 28.2 Å². The minimum absolute atomic E-state index is 0.0239. The van der Waals surface area contributed by atoms with E-state index in [-0.39, 0.29) is 19.0 Å². The van der Waals surface area contributed by atoms with Gasteiger partial charge < -0.3 is 14.7 Å². The maximum atomic E-state index is 12.3. The average molecular weight is 312 g/mol. The first-order valence-corrected chi connectivity index (χ1v) is 7.74. The predicted octanol–water partition coefficient (Wildman–Crippen LogP) is 0.666. The van der Waals surface area contributed by atoms with Crippen LogP contribution in [0.1, 0.15) is 10.4 Å². The van der Waals surface area contributed by atoms with Crippen molar-refractivity contribution >= 4 is 23.2 Å². The Morgan fingerprint density at radius 3 is 3.00 bits per heavy atom. The molecular weight excluding hydrogens is 292 g/mol. The van der Waals surface area contributed by atoms with Gasteiger partial charge >= 0.3 is 5.97 Å². The third kappa shape index (κ3) is 4.52. The highest BCUT2D eigenvalue weighted by Gasteiger charge is 2.23. The second-order valence-electron chi connectivity index (χ2n) is 5.03. The lowest BCUT2D eigenvalue weighted by Gasteiger charge is -2.29. The van der Waals surface area contributed by atoms with E-state index >= 15 is 0 Å². The van der Waals surface area contributed by atoms with Crippen molar-refractivity contribution in [2.45, 2.75) is 13.0 Å². The Labute approximate surface area is 127 Å². The van der Waals surface area contributed by atoms with Crippen LogP contribution >= 0.6 is 11.3 Å². The van der Waals surface area contributed by atoms with Crippen molar-refractivity contribution in [2.24, 2.45) is 0 Å². The molecule has 1 N–H and O–H groups in total. The van der Waals surface area contributed by atoms with Crippen molar-refractivity contribution in [1.29, 1.82) is 0 Å². The van der Waals surface area contributed by atoms with Gasteiger partial charge in [0.25, 0.3) is 0 Å². The van der Waals surface area contributed by atoms with E-state index in [9.17, 15) is 9.59 Å². The van der Waals surface area contributed by atoms with Gasteiger partial charge in [0, 0.05) is 31.6 Å². The Morgan fingerprint density at radius 1 is 1.48 bits per heavy atom. The van der Waals surface area contributed by atoms with Crippen LogP contribution < -0.4 is 0 Å². The van der Waals surface area contributed by atoms with E-state index in [4.69, 9.17) is 9.84 Å². The number of carbonyl (C=O) groups excluding carboxylic acids is 1. The second-order valence-corrected chi connectivity index (χ2v) is 6.03. The number of methoxy groups -OCH3 is 1. The molecule has 0 radical (unpaired) electrons. The van der Waals surface area contributed by atoms with Crippen LogP contribution in [0.25, 0.3) is 0 Å². The van der Waals surface area contributed by atoms with Crippen LogP contribution in [0.15, 0.2) is 11.4 Å². The zero-order valence-corrected chi connectivity index (χ0v) is 12.9. The van der Waals surface area contributed by atoms with Crippen molar-refractivity contribution in [3.8, 4) is 0 Å². The van der Waals surface area contributed by atoms with Gasteiger partial charge in [-0.3, -0.25) is 14.5 Å². The van der Waals surface area contributed by atoms with Crippen LogP contribution in [-0.4, -0.2) is 66.7 Å². The van der Waals surface area contributed by atoms with Crippen molar-refractivity contribution in [2.75, 3.05) is 39.9 Å². The fourth-order valence-corrected chi connectivity index (χ4v) is 3.27.